The van der Waals surface area contributed by atoms with E-state index in [2.05, 4.69) is 11.2 Å². The van der Waals surface area contributed by atoms with E-state index in [0.717, 1.165) is 6.54 Å². The van der Waals surface area contributed by atoms with Crippen LogP contribution >= 0.6 is 0 Å². The number of carbonyl (C=O) groups excluding carboxylic acids is 1. The summed E-state index contributed by atoms with van der Waals surface area (Å²) < 4.78 is 0. The van der Waals surface area contributed by atoms with Crippen molar-refractivity contribution in [1.82, 2.24) is 10.2 Å². The average Bonchev–Trinajstić information content (AvgIpc) is 2.14. The van der Waals surface area contributed by atoms with Crippen molar-refractivity contribution in [3.63, 3.8) is 0 Å². The second-order valence-corrected chi connectivity index (χ2v) is 3.27. The summed E-state index contributed by atoms with van der Waals surface area (Å²) in [6.07, 6.45) is 5.69. The van der Waals surface area contributed by atoms with Crippen molar-refractivity contribution in [2.24, 2.45) is 0 Å². The maximum atomic E-state index is 11.6. The van der Waals surface area contributed by atoms with Gasteiger partial charge in [0.05, 0.1) is 6.54 Å². The molecule has 0 rings (SSSR count). The van der Waals surface area contributed by atoms with E-state index in [1.54, 1.807) is 4.90 Å². The SMILES string of the molecule is C#CCN(CC)C(=O)CC(C)NCC. The van der Waals surface area contributed by atoms with Crippen molar-refractivity contribution in [3.05, 3.63) is 0 Å². The van der Waals surface area contributed by atoms with Crippen molar-refractivity contribution >= 4 is 5.91 Å². The molecule has 1 atom stereocenters. The first-order valence-electron chi connectivity index (χ1n) is 5.10. The largest absolute Gasteiger partial charge is 0.332 e. The van der Waals surface area contributed by atoms with Crippen LogP contribution in [0.3, 0.4) is 0 Å². The van der Waals surface area contributed by atoms with Crippen molar-refractivity contribution in [2.75, 3.05) is 19.6 Å². The second-order valence-electron chi connectivity index (χ2n) is 3.27. The van der Waals surface area contributed by atoms with E-state index < -0.39 is 0 Å². The fourth-order valence-electron chi connectivity index (χ4n) is 1.30. The number of amides is 1. The van der Waals surface area contributed by atoms with Gasteiger partial charge in [0.15, 0.2) is 0 Å². The average molecular weight is 196 g/mol. The Hall–Kier alpha value is -1.01. The second kappa shape index (κ2) is 7.40. The lowest BCUT2D eigenvalue weighted by atomic mass is 10.2. The first-order chi connectivity index (χ1) is 6.65. The Morgan fingerprint density at radius 1 is 1.57 bits per heavy atom. The van der Waals surface area contributed by atoms with Gasteiger partial charge in [-0.2, -0.15) is 0 Å². The van der Waals surface area contributed by atoms with Gasteiger partial charge in [0.2, 0.25) is 5.91 Å². The van der Waals surface area contributed by atoms with Crippen LogP contribution in [0.25, 0.3) is 0 Å². The Balaban J connectivity index is 3.98. The third-order valence-electron chi connectivity index (χ3n) is 2.05. The molecule has 0 radical (unpaired) electrons. The van der Waals surface area contributed by atoms with Gasteiger partial charge in [0.25, 0.3) is 0 Å². The van der Waals surface area contributed by atoms with E-state index in [1.807, 2.05) is 20.8 Å². The van der Waals surface area contributed by atoms with Gasteiger partial charge >= 0.3 is 0 Å². The van der Waals surface area contributed by atoms with Gasteiger partial charge in [0, 0.05) is 19.0 Å². The van der Waals surface area contributed by atoms with Gasteiger partial charge in [-0.25, -0.2) is 0 Å². The zero-order chi connectivity index (χ0) is 11.0. The van der Waals surface area contributed by atoms with Gasteiger partial charge in [-0.1, -0.05) is 12.8 Å². The van der Waals surface area contributed by atoms with Crippen molar-refractivity contribution in [3.8, 4) is 12.3 Å². The van der Waals surface area contributed by atoms with Gasteiger partial charge < -0.3 is 10.2 Å². The van der Waals surface area contributed by atoms with Crippen molar-refractivity contribution in [1.29, 1.82) is 0 Å². The molecule has 0 aromatic carbocycles. The smallest absolute Gasteiger partial charge is 0.224 e. The standard InChI is InChI=1S/C11H20N2O/c1-5-8-13(7-3)11(14)9-10(4)12-6-2/h1,10,12H,6-9H2,2-4H3. The summed E-state index contributed by atoms with van der Waals surface area (Å²) in [7, 11) is 0. The van der Waals surface area contributed by atoms with Crippen LogP contribution in [-0.2, 0) is 4.79 Å². The number of nitrogens with zero attached hydrogens (tertiary/aromatic N) is 1. The fraction of sp³-hybridized carbons (Fsp3) is 0.727. The molecule has 1 N–H and O–H groups in total. The molecule has 0 bridgehead atoms. The molecule has 0 aliphatic rings. The lowest BCUT2D eigenvalue weighted by Gasteiger charge is -2.20. The topological polar surface area (TPSA) is 32.3 Å². The molecule has 3 nitrogen and oxygen atoms in total. The number of terminal acetylenes is 1. The molecule has 0 spiro atoms. The molecule has 0 aromatic rings. The fourth-order valence-corrected chi connectivity index (χ4v) is 1.30. The van der Waals surface area contributed by atoms with E-state index in [4.69, 9.17) is 6.42 Å². The van der Waals surface area contributed by atoms with E-state index in [9.17, 15) is 4.79 Å². The molecule has 14 heavy (non-hydrogen) atoms. The Labute approximate surface area is 86.9 Å². The van der Waals surface area contributed by atoms with Crippen LogP contribution in [0.2, 0.25) is 0 Å². The Bertz CT molecular complexity index is 208. The van der Waals surface area contributed by atoms with Crippen LogP contribution in [-0.4, -0.2) is 36.5 Å². The van der Waals surface area contributed by atoms with Crippen LogP contribution in [0.4, 0.5) is 0 Å². The molecule has 3 heteroatoms. The minimum atomic E-state index is 0.124. The van der Waals surface area contributed by atoms with Crippen LogP contribution in [0.15, 0.2) is 0 Å². The van der Waals surface area contributed by atoms with Gasteiger partial charge in [-0.05, 0) is 20.4 Å². The highest BCUT2D eigenvalue weighted by Gasteiger charge is 2.13. The summed E-state index contributed by atoms with van der Waals surface area (Å²) >= 11 is 0. The molecule has 0 saturated heterocycles. The maximum absolute atomic E-state index is 11.6. The molecule has 0 aliphatic heterocycles. The molecular weight excluding hydrogens is 176 g/mol. The summed E-state index contributed by atoms with van der Waals surface area (Å²) in [5.74, 6) is 2.61. The zero-order valence-electron chi connectivity index (χ0n) is 9.34. The number of carbonyl (C=O) groups is 1. The van der Waals surface area contributed by atoms with Crippen LogP contribution in [0, 0.1) is 12.3 Å². The predicted octanol–water partition coefficient (Wildman–Crippen LogP) is 0.856. The normalized spacial score (nSPS) is 11.9. The lowest BCUT2D eigenvalue weighted by Crippen LogP contribution is -2.37. The molecule has 0 heterocycles. The number of nitrogens with one attached hydrogen (secondary N) is 1. The number of hydrogen-bond acceptors (Lipinski definition) is 2. The summed E-state index contributed by atoms with van der Waals surface area (Å²) in [6, 6.07) is 0.222. The number of hydrogen-bond donors (Lipinski definition) is 1. The van der Waals surface area contributed by atoms with Crippen molar-refractivity contribution < 1.29 is 4.79 Å². The highest BCUT2D eigenvalue weighted by atomic mass is 16.2. The van der Waals surface area contributed by atoms with Gasteiger partial charge in [-0.3, -0.25) is 4.79 Å². The minimum absolute atomic E-state index is 0.124. The molecule has 0 aliphatic carbocycles. The Morgan fingerprint density at radius 2 is 2.21 bits per heavy atom. The molecule has 80 valence electrons. The third-order valence-corrected chi connectivity index (χ3v) is 2.05. The minimum Gasteiger partial charge on any atom is -0.332 e. The lowest BCUT2D eigenvalue weighted by molar-refractivity contribution is -0.130. The zero-order valence-corrected chi connectivity index (χ0v) is 9.34. The third kappa shape index (κ3) is 4.88. The Kier molecular flexibility index (Phi) is 6.87. The Morgan fingerprint density at radius 3 is 2.64 bits per heavy atom. The summed E-state index contributed by atoms with van der Waals surface area (Å²) in [5.41, 5.74) is 0. The highest BCUT2D eigenvalue weighted by Crippen LogP contribution is 1.97. The molecule has 0 aromatic heterocycles. The first kappa shape index (κ1) is 13.0. The summed E-state index contributed by atoms with van der Waals surface area (Å²) in [4.78, 5) is 13.3. The molecular formula is C11H20N2O. The summed E-state index contributed by atoms with van der Waals surface area (Å²) in [5, 5.41) is 3.20. The van der Waals surface area contributed by atoms with Crippen LogP contribution in [0.5, 0.6) is 0 Å². The molecule has 0 saturated carbocycles. The van der Waals surface area contributed by atoms with Crippen LogP contribution in [0.1, 0.15) is 27.2 Å². The van der Waals surface area contributed by atoms with Crippen molar-refractivity contribution in [2.45, 2.75) is 33.2 Å². The molecule has 1 amide bonds. The first-order valence-corrected chi connectivity index (χ1v) is 5.10. The summed E-state index contributed by atoms with van der Waals surface area (Å²) in [6.45, 7) is 7.95. The number of rotatable bonds is 6. The maximum Gasteiger partial charge on any atom is 0.224 e. The van der Waals surface area contributed by atoms with Gasteiger partial charge in [0.1, 0.15) is 0 Å². The highest BCUT2D eigenvalue weighted by molar-refractivity contribution is 5.77. The van der Waals surface area contributed by atoms with E-state index in [1.165, 1.54) is 0 Å². The predicted molar refractivity (Wildman–Crippen MR) is 58.8 cm³/mol. The molecule has 0 fully saturated rings. The van der Waals surface area contributed by atoms with Crippen LogP contribution < -0.4 is 5.32 Å². The van der Waals surface area contributed by atoms with Gasteiger partial charge in [-0.15, -0.1) is 6.42 Å². The molecule has 1 unspecified atom stereocenters. The monoisotopic (exact) mass is 196 g/mol. The van der Waals surface area contributed by atoms with E-state index in [-0.39, 0.29) is 11.9 Å². The van der Waals surface area contributed by atoms with E-state index in [0.29, 0.717) is 19.5 Å². The quantitative estimate of drug-likeness (QED) is 0.639. The van der Waals surface area contributed by atoms with E-state index >= 15 is 0 Å².